The third-order valence-electron chi connectivity index (χ3n) is 4.80. The lowest BCUT2D eigenvalue weighted by Crippen LogP contribution is -2.32. The van der Waals surface area contributed by atoms with Crippen LogP contribution in [0.5, 0.6) is 5.75 Å². The number of furan rings is 1. The van der Waals surface area contributed by atoms with Crippen molar-refractivity contribution in [2.75, 3.05) is 7.11 Å². The first-order valence-electron chi connectivity index (χ1n) is 8.59. The predicted molar refractivity (Wildman–Crippen MR) is 96.8 cm³/mol. The van der Waals surface area contributed by atoms with E-state index in [-0.39, 0.29) is 5.91 Å². The second kappa shape index (κ2) is 6.28. The van der Waals surface area contributed by atoms with Gasteiger partial charge in [0.15, 0.2) is 5.76 Å². The number of amides is 1. The molecule has 25 heavy (non-hydrogen) atoms. The molecule has 0 unspecified atom stereocenters. The standard InChI is InChI=1S/C21H21NO3/c1-14-18-5-3-4-6-19(18)25-20(14)21(23)22(16-9-10-16)13-15-7-11-17(24-2)12-8-15/h3-8,11-12,16H,9-10,13H2,1-2H3. The van der Waals surface area contributed by atoms with Crippen molar-refractivity contribution < 1.29 is 13.9 Å². The van der Waals surface area contributed by atoms with Crippen LogP contribution in [0.25, 0.3) is 11.0 Å². The quantitative estimate of drug-likeness (QED) is 0.687. The zero-order chi connectivity index (χ0) is 17.4. The summed E-state index contributed by atoms with van der Waals surface area (Å²) in [6.07, 6.45) is 2.11. The number of methoxy groups -OCH3 is 1. The highest BCUT2D eigenvalue weighted by Gasteiger charge is 2.35. The SMILES string of the molecule is COc1ccc(CN(C(=O)c2oc3ccccc3c2C)C2CC2)cc1. The van der Waals surface area contributed by atoms with Crippen molar-refractivity contribution in [2.45, 2.75) is 32.4 Å². The molecule has 4 heteroatoms. The Bertz CT molecular complexity index is 907. The van der Waals surface area contributed by atoms with E-state index >= 15 is 0 Å². The number of ether oxygens (including phenoxy) is 1. The van der Waals surface area contributed by atoms with Gasteiger partial charge in [0.25, 0.3) is 5.91 Å². The monoisotopic (exact) mass is 335 g/mol. The van der Waals surface area contributed by atoms with Gasteiger partial charge in [-0.1, -0.05) is 30.3 Å². The lowest BCUT2D eigenvalue weighted by atomic mass is 10.1. The van der Waals surface area contributed by atoms with Crippen LogP contribution in [0.15, 0.2) is 52.9 Å². The maximum Gasteiger partial charge on any atom is 0.290 e. The van der Waals surface area contributed by atoms with E-state index in [0.29, 0.717) is 18.3 Å². The highest BCUT2D eigenvalue weighted by molar-refractivity contribution is 5.99. The average Bonchev–Trinajstić information content (AvgIpc) is 3.44. The molecule has 0 atom stereocenters. The third-order valence-corrected chi connectivity index (χ3v) is 4.80. The fourth-order valence-corrected chi connectivity index (χ4v) is 3.19. The van der Waals surface area contributed by atoms with Crippen LogP contribution in [-0.2, 0) is 6.54 Å². The molecule has 0 spiro atoms. The zero-order valence-electron chi connectivity index (χ0n) is 14.5. The van der Waals surface area contributed by atoms with Crippen LogP contribution >= 0.6 is 0 Å². The molecule has 0 saturated heterocycles. The molecule has 1 fully saturated rings. The van der Waals surface area contributed by atoms with E-state index in [9.17, 15) is 4.79 Å². The molecule has 0 aliphatic heterocycles. The summed E-state index contributed by atoms with van der Waals surface area (Å²) in [7, 11) is 1.65. The number of fused-ring (bicyclic) bond motifs is 1. The van der Waals surface area contributed by atoms with Crippen molar-refractivity contribution >= 4 is 16.9 Å². The Morgan fingerprint density at radius 2 is 1.88 bits per heavy atom. The van der Waals surface area contributed by atoms with Crippen molar-refractivity contribution in [1.29, 1.82) is 0 Å². The number of hydrogen-bond acceptors (Lipinski definition) is 3. The Hall–Kier alpha value is -2.75. The average molecular weight is 335 g/mol. The van der Waals surface area contributed by atoms with Gasteiger partial charge in [-0.2, -0.15) is 0 Å². The number of carbonyl (C=O) groups is 1. The fourth-order valence-electron chi connectivity index (χ4n) is 3.19. The van der Waals surface area contributed by atoms with E-state index < -0.39 is 0 Å². The molecule has 1 aliphatic carbocycles. The van der Waals surface area contributed by atoms with Crippen molar-refractivity contribution in [3.8, 4) is 5.75 Å². The van der Waals surface area contributed by atoms with Crippen molar-refractivity contribution in [3.05, 3.63) is 65.4 Å². The Morgan fingerprint density at radius 3 is 2.52 bits per heavy atom. The van der Waals surface area contributed by atoms with E-state index in [0.717, 1.165) is 40.7 Å². The summed E-state index contributed by atoms with van der Waals surface area (Å²) >= 11 is 0. The number of para-hydroxylation sites is 1. The molecule has 4 rings (SSSR count). The Morgan fingerprint density at radius 1 is 1.16 bits per heavy atom. The van der Waals surface area contributed by atoms with E-state index in [4.69, 9.17) is 9.15 Å². The van der Waals surface area contributed by atoms with E-state index in [2.05, 4.69) is 0 Å². The minimum atomic E-state index is -0.0213. The topological polar surface area (TPSA) is 42.7 Å². The summed E-state index contributed by atoms with van der Waals surface area (Å²) in [5.41, 5.74) is 2.78. The number of carbonyl (C=O) groups excluding carboxylic acids is 1. The lowest BCUT2D eigenvalue weighted by Gasteiger charge is -2.22. The smallest absolute Gasteiger partial charge is 0.290 e. The van der Waals surface area contributed by atoms with Crippen LogP contribution in [0.4, 0.5) is 0 Å². The maximum absolute atomic E-state index is 13.2. The Balaban J connectivity index is 1.63. The molecule has 0 bridgehead atoms. The van der Waals surface area contributed by atoms with E-state index in [1.165, 1.54) is 0 Å². The highest BCUT2D eigenvalue weighted by Crippen LogP contribution is 2.33. The summed E-state index contributed by atoms with van der Waals surface area (Å²) < 4.78 is 11.1. The molecular weight excluding hydrogens is 314 g/mol. The normalized spacial score (nSPS) is 13.8. The first-order valence-corrected chi connectivity index (χ1v) is 8.59. The molecule has 1 aliphatic rings. The van der Waals surface area contributed by atoms with Gasteiger partial charge in [-0.15, -0.1) is 0 Å². The summed E-state index contributed by atoms with van der Waals surface area (Å²) in [5.74, 6) is 1.26. The molecule has 1 saturated carbocycles. The molecule has 1 heterocycles. The molecule has 4 nitrogen and oxygen atoms in total. The van der Waals surface area contributed by atoms with Gasteiger partial charge < -0.3 is 14.1 Å². The van der Waals surface area contributed by atoms with Crippen molar-refractivity contribution in [3.63, 3.8) is 0 Å². The molecule has 1 aromatic heterocycles. The molecule has 0 radical (unpaired) electrons. The van der Waals surface area contributed by atoms with Crippen LogP contribution in [0.2, 0.25) is 0 Å². The molecule has 1 amide bonds. The Labute approximate surface area is 147 Å². The first kappa shape index (κ1) is 15.8. The highest BCUT2D eigenvalue weighted by atomic mass is 16.5. The van der Waals surface area contributed by atoms with Crippen LogP contribution in [0, 0.1) is 6.92 Å². The molecule has 0 N–H and O–H groups in total. The Kier molecular flexibility index (Phi) is 3.96. The van der Waals surface area contributed by atoms with Gasteiger partial charge in [-0.05, 0) is 43.5 Å². The molecule has 3 aromatic rings. The van der Waals surface area contributed by atoms with Crippen LogP contribution in [0.3, 0.4) is 0 Å². The molecule has 2 aromatic carbocycles. The number of benzene rings is 2. The summed E-state index contributed by atoms with van der Waals surface area (Å²) in [5, 5.41) is 1.01. The summed E-state index contributed by atoms with van der Waals surface area (Å²) in [6, 6.07) is 16.0. The lowest BCUT2D eigenvalue weighted by molar-refractivity contribution is 0.0699. The summed E-state index contributed by atoms with van der Waals surface area (Å²) in [4.78, 5) is 15.1. The maximum atomic E-state index is 13.2. The van der Waals surface area contributed by atoms with Gasteiger partial charge in [0.05, 0.1) is 7.11 Å². The van der Waals surface area contributed by atoms with Crippen LogP contribution < -0.4 is 4.74 Å². The van der Waals surface area contributed by atoms with Gasteiger partial charge >= 0.3 is 0 Å². The van der Waals surface area contributed by atoms with Gasteiger partial charge in [-0.25, -0.2) is 0 Å². The number of rotatable bonds is 5. The first-order chi connectivity index (χ1) is 12.2. The number of aryl methyl sites for hydroxylation is 1. The zero-order valence-corrected chi connectivity index (χ0v) is 14.5. The third kappa shape index (κ3) is 3.00. The fraction of sp³-hybridized carbons (Fsp3) is 0.286. The number of nitrogens with zero attached hydrogens (tertiary/aromatic N) is 1. The van der Waals surface area contributed by atoms with E-state index in [1.807, 2.05) is 60.4 Å². The predicted octanol–water partition coefficient (Wildman–Crippen LogP) is 4.55. The summed E-state index contributed by atoms with van der Waals surface area (Å²) in [6.45, 7) is 2.54. The minimum Gasteiger partial charge on any atom is -0.497 e. The molecular formula is C21H21NO3. The number of hydrogen-bond donors (Lipinski definition) is 0. The van der Waals surface area contributed by atoms with Crippen molar-refractivity contribution in [1.82, 2.24) is 4.90 Å². The second-order valence-electron chi connectivity index (χ2n) is 6.56. The van der Waals surface area contributed by atoms with Crippen molar-refractivity contribution in [2.24, 2.45) is 0 Å². The minimum absolute atomic E-state index is 0.0213. The van der Waals surface area contributed by atoms with Gasteiger partial charge in [0, 0.05) is 23.5 Å². The van der Waals surface area contributed by atoms with Crippen LogP contribution in [0.1, 0.15) is 34.5 Å². The molecule has 128 valence electrons. The van der Waals surface area contributed by atoms with Gasteiger partial charge in [-0.3, -0.25) is 4.79 Å². The van der Waals surface area contributed by atoms with Gasteiger partial charge in [0.2, 0.25) is 0 Å². The van der Waals surface area contributed by atoms with Gasteiger partial charge in [0.1, 0.15) is 11.3 Å². The van der Waals surface area contributed by atoms with E-state index in [1.54, 1.807) is 7.11 Å². The van der Waals surface area contributed by atoms with Crippen LogP contribution in [-0.4, -0.2) is 24.0 Å². The second-order valence-corrected chi connectivity index (χ2v) is 6.56. The largest absolute Gasteiger partial charge is 0.497 e.